The van der Waals surface area contributed by atoms with Gasteiger partial charge >= 0.3 is 0 Å². The molecule has 10 nitrogen and oxygen atoms in total. The van der Waals surface area contributed by atoms with Crippen molar-refractivity contribution in [3.63, 3.8) is 0 Å². The predicted molar refractivity (Wildman–Crippen MR) is 113 cm³/mol. The summed E-state index contributed by atoms with van der Waals surface area (Å²) in [7, 11) is -1.07. The van der Waals surface area contributed by atoms with Crippen LogP contribution < -0.4 is 14.8 Å². The normalized spacial score (nSPS) is 17.0. The van der Waals surface area contributed by atoms with E-state index in [1.54, 1.807) is 18.2 Å². The number of carbonyl (C=O) groups is 1. The fourth-order valence-corrected chi connectivity index (χ4v) is 5.11. The average molecular weight is 449 g/mol. The summed E-state index contributed by atoms with van der Waals surface area (Å²) in [5.74, 6) is 0.432. The molecule has 2 aromatic rings. The van der Waals surface area contributed by atoms with Gasteiger partial charge in [0.05, 0.1) is 29.7 Å². The van der Waals surface area contributed by atoms with Crippen LogP contribution in [0.1, 0.15) is 19.3 Å². The highest BCUT2D eigenvalue weighted by molar-refractivity contribution is 7.89. The number of nitro benzene ring substituents is 1. The molecule has 0 spiro atoms. The fourth-order valence-electron chi connectivity index (χ4n) is 3.46. The van der Waals surface area contributed by atoms with E-state index < -0.39 is 26.9 Å². The van der Waals surface area contributed by atoms with Gasteiger partial charge in [-0.25, -0.2) is 8.42 Å². The molecule has 1 heterocycles. The third-order valence-corrected chi connectivity index (χ3v) is 7.00. The Morgan fingerprint density at radius 3 is 2.45 bits per heavy atom. The van der Waals surface area contributed by atoms with Crippen molar-refractivity contribution in [3.05, 3.63) is 52.6 Å². The van der Waals surface area contributed by atoms with Gasteiger partial charge in [-0.3, -0.25) is 14.9 Å². The zero-order valence-electron chi connectivity index (χ0n) is 17.1. The first kappa shape index (κ1) is 22.5. The molecule has 31 heavy (non-hydrogen) atoms. The number of anilines is 1. The number of sulfonamides is 1. The van der Waals surface area contributed by atoms with E-state index in [2.05, 4.69) is 5.32 Å². The quantitative estimate of drug-likeness (QED) is 0.508. The summed E-state index contributed by atoms with van der Waals surface area (Å²) < 4.78 is 38.0. The van der Waals surface area contributed by atoms with E-state index >= 15 is 0 Å². The van der Waals surface area contributed by atoms with E-state index in [1.165, 1.54) is 26.4 Å². The molecule has 11 heteroatoms. The summed E-state index contributed by atoms with van der Waals surface area (Å²) in [4.78, 5) is 23.2. The molecule has 0 radical (unpaired) electrons. The van der Waals surface area contributed by atoms with Gasteiger partial charge in [-0.05, 0) is 37.1 Å². The fraction of sp³-hybridized carbons (Fsp3) is 0.350. The smallest absolute Gasteiger partial charge is 0.269 e. The van der Waals surface area contributed by atoms with Crippen LogP contribution in [0, 0.1) is 10.1 Å². The van der Waals surface area contributed by atoms with Crippen LogP contribution in [0.4, 0.5) is 11.4 Å². The Hall–Kier alpha value is -3.18. The average Bonchev–Trinajstić information content (AvgIpc) is 2.79. The first-order chi connectivity index (χ1) is 14.8. The van der Waals surface area contributed by atoms with Gasteiger partial charge in [0.25, 0.3) is 5.69 Å². The minimum absolute atomic E-state index is 0.100. The predicted octanol–water partition coefficient (Wildman–Crippen LogP) is 2.79. The highest BCUT2D eigenvalue weighted by Gasteiger charge is 2.38. The lowest BCUT2D eigenvalue weighted by Gasteiger charge is -2.33. The number of nitrogens with one attached hydrogen (secondary N) is 1. The van der Waals surface area contributed by atoms with E-state index in [0.29, 0.717) is 36.4 Å². The van der Waals surface area contributed by atoms with Crippen molar-refractivity contribution in [2.24, 2.45) is 0 Å². The molecular weight excluding hydrogens is 426 g/mol. The number of rotatable bonds is 7. The van der Waals surface area contributed by atoms with E-state index in [-0.39, 0.29) is 17.1 Å². The molecule has 0 aromatic heterocycles. The molecule has 0 aliphatic carbocycles. The molecule has 1 amide bonds. The molecule has 1 aliphatic rings. The molecule has 3 rings (SSSR count). The molecule has 1 fully saturated rings. The minimum atomic E-state index is -4.03. The van der Waals surface area contributed by atoms with E-state index in [9.17, 15) is 23.3 Å². The number of ether oxygens (including phenoxy) is 2. The van der Waals surface area contributed by atoms with Gasteiger partial charge in [-0.2, -0.15) is 4.31 Å². The van der Waals surface area contributed by atoms with Crippen LogP contribution in [-0.2, 0) is 14.8 Å². The van der Waals surface area contributed by atoms with Crippen LogP contribution >= 0.6 is 0 Å². The SMILES string of the molecule is COc1ccc(OC)c(NC(=O)C2CCCCN2S(=O)(=O)c2ccc([N+](=O)[O-])cc2)c1. The number of hydrogen-bond acceptors (Lipinski definition) is 7. The van der Waals surface area contributed by atoms with Gasteiger partial charge in [0.1, 0.15) is 17.5 Å². The van der Waals surface area contributed by atoms with Gasteiger partial charge in [-0.15, -0.1) is 0 Å². The van der Waals surface area contributed by atoms with Gasteiger partial charge in [0, 0.05) is 24.7 Å². The van der Waals surface area contributed by atoms with Crippen LogP contribution in [-0.4, -0.2) is 50.4 Å². The highest BCUT2D eigenvalue weighted by atomic mass is 32.2. The van der Waals surface area contributed by atoms with Crippen LogP contribution in [0.5, 0.6) is 11.5 Å². The molecule has 1 saturated heterocycles. The van der Waals surface area contributed by atoms with Gasteiger partial charge in [-0.1, -0.05) is 6.42 Å². The topological polar surface area (TPSA) is 128 Å². The Labute approximate surface area is 180 Å². The lowest BCUT2D eigenvalue weighted by Crippen LogP contribution is -2.49. The summed E-state index contributed by atoms with van der Waals surface area (Å²) in [6.45, 7) is 0.173. The maximum absolute atomic E-state index is 13.2. The van der Waals surface area contributed by atoms with Crippen LogP contribution in [0.2, 0.25) is 0 Å². The third-order valence-electron chi connectivity index (χ3n) is 5.07. The number of carbonyl (C=O) groups excluding carboxylic acids is 1. The number of benzene rings is 2. The lowest BCUT2D eigenvalue weighted by atomic mass is 10.0. The second-order valence-electron chi connectivity index (χ2n) is 6.93. The van der Waals surface area contributed by atoms with Gasteiger partial charge < -0.3 is 14.8 Å². The summed E-state index contributed by atoms with van der Waals surface area (Å²) >= 11 is 0. The van der Waals surface area contributed by atoms with E-state index in [4.69, 9.17) is 9.47 Å². The molecule has 166 valence electrons. The molecule has 1 N–H and O–H groups in total. The number of methoxy groups -OCH3 is 2. The summed E-state index contributed by atoms with van der Waals surface area (Å²) in [6.07, 6.45) is 1.66. The van der Waals surface area contributed by atoms with Crippen molar-refractivity contribution in [2.45, 2.75) is 30.2 Å². The highest BCUT2D eigenvalue weighted by Crippen LogP contribution is 2.31. The molecule has 1 atom stereocenters. The van der Waals surface area contributed by atoms with Crippen molar-refractivity contribution < 1.29 is 27.6 Å². The van der Waals surface area contributed by atoms with Crippen molar-refractivity contribution in [2.75, 3.05) is 26.1 Å². The molecular formula is C20H23N3O7S. The molecule has 1 aliphatic heterocycles. The monoisotopic (exact) mass is 449 g/mol. The van der Waals surface area contributed by atoms with Crippen molar-refractivity contribution in [1.82, 2.24) is 4.31 Å². The first-order valence-electron chi connectivity index (χ1n) is 9.57. The largest absolute Gasteiger partial charge is 0.497 e. The maximum Gasteiger partial charge on any atom is 0.269 e. The second kappa shape index (κ2) is 9.31. The van der Waals surface area contributed by atoms with Crippen LogP contribution in [0.15, 0.2) is 47.4 Å². The zero-order valence-corrected chi connectivity index (χ0v) is 17.9. The Kier molecular flexibility index (Phi) is 6.76. The lowest BCUT2D eigenvalue weighted by molar-refractivity contribution is -0.384. The van der Waals surface area contributed by atoms with Crippen molar-refractivity contribution in [1.29, 1.82) is 0 Å². The third kappa shape index (κ3) is 4.78. The van der Waals surface area contributed by atoms with Crippen LogP contribution in [0.3, 0.4) is 0 Å². The summed E-state index contributed by atoms with van der Waals surface area (Å²) in [5.41, 5.74) is 0.155. The Bertz CT molecular complexity index is 1070. The Morgan fingerprint density at radius 1 is 1.13 bits per heavy atom. The van der Waals surface area contributed by atoms with E-state index in [1.807, 2.05) is 0 Å². The molecule has 0 saturated carbocycles. The van der Waals surface area contributed by atoms with Gasteiger partial charge in [0.15, 0.2) is 0 Å². The number of nitrogens with zero attached hydrogens (tertiary/aromatic N) is 2. The van der Waals surface area contributed by atoms with Gasteiger partial charge in [0.2, 0.25) is 15.9 Å². The number of nitro groups is 1. The minimum Gasteiger partial charge on any atom is -0.497 e. The Morgan fingerprint density at radius 2 is 1.84 bits per heavy atom. The summed E-state index contributed by atoms with van der Waals surface area (Å²) in [5, 5.41) is 13.6. The van der Waals surface area contributed by atoms with Crippen LogP contribution in [0.25, 0.3) is 0 Å². The number of non-ortho nitro benzene ring substituents is 1. The standard InChI is InChI=1S/C20H23N3O7S/c1-29-15-8-11-19(30-2)17(13-15)21-20(24)18-5-3-4-12-22(18)31(27,28)16-9-6-14(7-10-16)23(25)26/h6-11,13,18H,3-5,12H2,1-2H3,(H,21,24). The Balaban J connectivity index is 1.88. The molecule has 2 aromatic carbocycles. The number of hydrogen-bond donors (Lipinski definition) is 1. The first-order valence-corrected chi connectivity index (χ1v) is 11.0. The number of piperidine rings is 1. The zero-order chi connectivity index (χ0) is 22.6. The second-order valence-corrected chi connectivity index (χ2v) is 8.82. The van der Waals surface area contributed by atoms with Crippen molar-refractivity contribution >= 4 is 27.3 Å². The molecule has 0 bridgehead atoms. The summed E-state index contributed by atoms with van der Waals surface area (Å²) in [6, 6.07) is 8.62. The van der Waals surface area contributed by atoms with E-state index in [0.717, 1.165) is 16.4 Å². The number of amides is 1. The molecule has 1 unspecified atom stereocenters. The maximum atomic E-state index is 13.2. The van der Waals surface area contributed by atoms with Crippen molar-refractivity contribution in [3.8, 4) is 11.5 Å².